The van der Waals surface area contributed by atoms with Gasteiger partial charge in [-0.25, -0.2) is 4.79 Å². The van der Waals surface area contributed by atoms with Gasteiger partial charge in [0.05, 0.1) is 0 Å². The van der Waals surface area contributed by atoms with Crippen LogP contribution in [0.5, 0.6) is 5.75 Å². The van der Waals surface area contributed by atoms with Gasteiger partial charge >= 0.3 is 5.97 Å². The van der Waals surface area contributed by atoms with Crippen LogP contribution in [0.2, 0.25) is 0 Å². The lowest BCUT2D eigenvalue weighted by molar-refractivity contribution is -0.170. The Morgan fingerprint density at radius 3 is 1.77 bits per heavy atom. The highest BCUT2D eigenvalue weighted by molar-refractivity contribution is 5.79. The van der Waals surface area contributed by atoms with Crippen molar-refractivity contribution in [2.75, 3.05) is 5.73 Å². The van der Waals surface area contributed by atoms with Crippen LogP contribution >= 0.6 is 0 Å². The molecule has 0 spiro atoms. The number of hydrogen-bond donors (Lipinski definition) is 1. The molecule has 2 aromatic carbocycles. The predicted molar refractivity (Wildman–Crippen MR) is 104 cm³/mol. The Bertz CT molecular complexity index is 817. The molecule has 136 valence electrons. The zero-order valence-electron chi connectivity index (χ0n) is 15.9. The number of carbonyl (C=O) groups excluding carboxylic acids is 1. The van der Waals surface area contributed by atoms with E-state index in [1.54, 1.807) is 26.0 Å². The van der Waals surface area contributed by atoms with Crippen LogP contribution in [0.25, 0.3) is 0 Å². The van der Waals surface area contributed by atoms with Crippen LogP contribution < -0.4 is 10.5 Å². The summed E-state index contributed by atoms with van der Waals surface area (Å²) in [5.74, 6) is 6.34. The first-order valence-corrected chi connectivity index (χ1v) is 8.45. The molecule has 0 unspecified atom stereocenters. The van der Waals surface area contributed by atoms with Crippen molar-refractivity contribution in [3.05, 3.63) is 59.7 Å². The number of ether oxygens (including phenoxy) is 2. The highest BCUT2D eigenvalue weighted by atomic mass is 16.6. The topological polar surface area (TPSA) is 61.5 Å². The zero-order chi connectivity index (χ0) is 19.4. The van der Waals surface area contributed by atoms with Gasteiger partial charge in [0.25, 0.3) is 0 Å². The lowest BCUT2D eigenvalue weighted by Crippen LogP contribution is -2.43. The second-order valence-electron chi connectivity index (χ2n) is 7.51. The van der Waals surface area contributed by atoms with Crippen LogP contribution in [0.1, 0.15) is 45.7 Å². The van der Waals surface area contributed by atoms with Crippen LogP contribution in [0.15, 0.2) is 48.5 Å². The maximum absolute atomic E-state index is 12.3. The quantitative estimate of drug-likeness (QED) is 0.512. The fraction of sp³-hybridized carbons (Fsp3) is 0.318. The van der Waals surface area contributed by atoms with E-state index >= 15 is 0 Å². The Labute approximate surface area is 155 Å². The third-order valence-electron chi connectivity index (χ3n) is 3.38. The molecule has 0 fully saturated rings. The average Bonchev–Trinajstić information content (AvgIpc) is 2.54. The molecule has 0 amide bonds. The minimum atomic E-state index is -1.08. The molecule has 26 heavy (non-hydrogen) atoms. The summed E-state index contributed by atoms with van der Waals surface area (Å²) in [7, 11) is 0. The first-order valence-electron chi connectivity index (χ1n) is 8.45. The number of esters is 1. The van der Waals surface area contributed by atoms with Crippen molar-refractivity contribution in [2.24, 2.45) is 0 Å². The van der Waals surface area contributed by atoms with Gasteiger partial charge < -0.3 is 15.2 Å². The van der Waals surface area contributed by atoms with Gasteiger partial charge in [-0.2, -0.15) is 0 Å². The smallest absolute Gasteiger partial charge is 0.350 e. The Morgan fingerprint density at radius 1 is 0.846 bits per heavy atom. The number of nitrogen functional groups attached to an aromatic ring is 1. The molecule has 0 aliphatic carbocycles. The van der Waals surface area contributed by atoms with E-state index in [0.29, 0.717) is 11.4 Å². The SMILES string of the molecule is CC(C)(C)OC(=O)C(C)(C)Oc1ccc(C#Cc2ccc(N)cc2)cc1. The molecule has 0 heterocycles. The summed E-state index contributed by atoms with van der Waals surface area (Å²) in [5, 5.41) is 0. The largest absolute Gasteiger partial charge is 0.476 e. The van der Waals surface area contributed by atoms with Crippen molar-refractivity contribution in [3.63, 3.8) is 0 Å². The number of nitrogens with two attached hydrogens (primary N) is 1. The van der Waals surface area contributed by atoms with E-state index in [-0.39, 0.29) is 0 Å². The van der Waals surface area contributed by atoms with Crippen molar-refractivity contribution in [2.45, 2.75) is 45.8 Å². The minimum Gasteiger partial charge on any atom is -0.476 e. The number of anilines is 1. The summed E-state index contributed by atoms with van der Waals surface area (Å²) in [6.07, 6.45) is 0. The summed E-state index contributed by atoms with van der Waals surface area (Å²) in [6, 6.07) is 14.7. The predicted octanol–water partition coefficient (Wildman–Crippen LogP) is 4.17. The van der Waals surface area contributed by atoms with E-state index in [4.69, 9.17) is 15.2 Å². The fourth-order valence-electron chi connectivity index (χ4n) is 2.05. The van der Waals surface area contributed by atoms with Gasteiger partial charge in [0.1, 0.15) is 11.4 Å². The van der Waals surface area contributed by atoms with Gasteiger partial charge in [-0.3, -0.25) is 0 Å². The Balaban J connectivity index is 2.05. The summed E-state index contributed by atoms with van der Waals surface area (Å²) in [5.41, 5.74) is 6.48. The molecule has 0 radical (unpaired) electrons. The van der Waals surface area contributed by atoms with Crippen LogP contribution in [-0.4, -0.2) is 17.2 Å². The van der Waals surface area contributed by atoms with Crippen molar-refractivity contribution < 1.29 is 14.3 Å². The van der Waals surface area contributed by atoms with E-state index in [2.05, 4.69) is 11.8 Å². The molecule has 4 nitrogen and oxygen atoms in total. The summed E-state index contributed by atoms with van der Waals surface area (Å²) in [4.78, 5) is 12.3. The second kappa shape index (κ2) is 7.53. The lowest BCUT2D eigenvalue weighted by atomic mass is 10.1. The van der Waals surface area contributed by atoms with Gasteiger partial charge in [0.2, 0.25) is 0 Å². The molecular weight excluding hydrogens is 326 g/mol. The zero-order valence-corrected chi connectivity index (χ0v) is 15.9. The summed E-state index contributed by atoms with van der Waals surface area (Å²) < 4.78 is 11.2. The monoisotopic (exact) mass is 351 g/mol. The molecular formula is C22H25NO3. The normalized spacial score (nSPS) is 11.3. The van der Waals surface area contributed by atoms with E-state index in [1.807, 2.05) is 57.2 Å². The minimum absolute atomic E-state index is 0.405. The highest BCUT2D eigenvalue weighted by Gasteiger charge is 2.34. The lowest BCUT2D eigenvalue weighted by Gasteiger charge is -2.29. The van der Waals surface area contributed by atoms with Gasteiger partial charge in [0.15, 0.2) is 5.60 Å². The molecule has 0 aliphatic heterocycles. The van der Waals surface area contributed by atoms with Gasteiger partial charge in [-0.1, -0.05) is 11.8 Å². The van der Waals surface area contributed by atoms with Crippen LogP contribution in [0.3, 0.4) is 0 Å². The molecule has 0 saturated heterocycles. The Hall–Kier alpha value is -2.93. The number of benzene rings is 2. The third-order valence-corrected chi connectivity index (χ3v) is 3.38. The molecule has 2 aromatic rings. The van der Waals surface area contributed by atoms with E-state index in [9.17, 15) is 4.79 Å². The van der Waals surface area contributed by atoms with E-state index in [1.165, 1.54) is 0 Å². The number of rotatable bonds is 3. The molecule has 0 saturated carbocycles. The van der Waals surface area contributed by atoms with Crippen molar-refractivity contribution >= 4 is 11.7 Å². The molecule has 2 rings (SSSR count). The van der Waals surface area contributed by atoms with Gasteiger partial charge in [0, 0.05) is 16.8 Å². The third kappa shape index (κ3) is 5.86. The van der Waals surface area contributed by atoms with E-state index < -0.39 is 17.2 Å². The van der Waals surface area contributed by atoms with Crippen LogP contribution in [0.4, 0.5) is 5.69 Å². The second-order valence-corrected chi connectivity index (χ2v) is 7.51. The first-order chi connectivity index (χ1) is 12.0. The molecule has 0 aliphatic rings. The average molecular weight is 351 g/mol. The van der Waals surface area contributed by atoms with Crippen molar-refractivity contribution in [1.29, 1.82) is 0 Å². The maximum atomic E-state index is 12.3. The van der Waals surface area contributed by atoms with Gasteiger partial charge in [-0.05, 0) is 83.1 Å². The summed E-state index contributed by atoms with van der Waals surface area (Å²) in [6.45, 7) is 8.87. The van der Waals surface area contributed by atoms with E-state index in [0.717, 1.165) is 11.1 Å². The Morgan fingerprint density at radius 2 is 1.31 bits per heavy atom. The standard InChI is InChI=1S/C22H25NO3/c1-21(2,3)26-20(24)22(4,5)25-19-14-10-17(11-15-19)7-6-16-8-12-18(23)13-9-16/h8-15H,23H2,1-5H3. The summed E-state index contributed by atoms with van der Waals surface area (Å²) >= 11 is 0. The maximum Gasteiger partial charge on any atom is 0.350 e. The first kappa shape index (κ1) is 19.4. The number of carbonyl (C=O) groups is 1. The Kier molecular flexibility index (Phi) is 5.62. The molecule has 4 heteroatoms. The van der Waals surface area contributed by atoms with Gasteiger partial charge in [-0.15, -0.1) is 0 Å². The molecule has 2 N–H and O–H groups in total. The highest BCUT2D eigenvalue weighted by Crippen LogP contribution is 2.22. The molecule has 0 bridgehead atoms. The van der Waals surface area contributed by atoms with Crippen LogP contribution in [0, 0.1) is 11.8 Å². The molecule has 0 aromatic heterocycles. The number of hydrogen-bond acceptors (Lipinski definition) is 4. The fourth-order valence-corrected chi connectivity index (χ4v) is 2.05. The van der Waals surface area contributed by atoms with Crippen molar-refractivity contribution in [3.8, 4) is 17.6 Å². The van der Waals surface area contributed by atoms with Crippen LogP contribution in [-0.2, 0) is 9.53 Å². The molecule has 0 atom stereocenters. The van der Waals surface area contributed by atoms with Crippen molar-refractivity contribution in [1.82, 2.24) is 0 Å².